The van der Waals surface area contributed by atoms with Gasteiger partial charge in [0, 0.05) is 54.5 Å². The molecular weight excluding hydrogens is 298 g/mol. The number of H-pyrrole nitrogens is 1. The molecule has 130 valence electrons. The molecule has 1 aromatic heterocycles. The number of fused-ring (bicyclic) bond motifs is 1. The highest BCUT2D eigenvalue weighted by Gasteiger charge is 2.23. The molecule has 24 heavy (non-hydrogen) atoms. The predicted octanol–water partition coefficient (Wildman–Crippen LogP) is 3.67. The molecule has 0 spiro atoms. The monoisotopic (exact) mass is 327 g/mol. The third kappa shape index (κ3) is 3.20. The van der Waals surface area contributed by atoms with Crippen LogP contribution in [0.25, 0.3) is 10.9 Å². The normalized spacial score (nSPS) is 18.9. The summed E-state index contributed by atoms with van der Waals surface area (Å²) in [5.74, 6) is 0. The Morgan fingerprint density at radius 2 is 2.08 bits per heavy atom. The Kier molecular flexibility index (Phi) is 4.95. The number of nitrogens with zero attached hydrogens (tertiary/aromatic N) is 2. The lowest BCUT2D eigenvalue weighted by molar-refractivity contribution is 0.135. The second-order valence-electron chi connectivity index (χ2n) is 7.21. The van der Waals surface area contributed by atoms with E-state index in [9.17, 15) is 4.79 Å². The summed E-state index contributed by atoms with van der Waals surface area (Å²) in [6.07, 6.45) is 4.97. The number of nitrogens with one attached hydrogen (secondary N) is 1. The number of hydrogen-bond acceptors (Lipinski definition) is 3. The number of likely N-dealkylation sites (tertiary alicyclic amines) is 1. The molecule has 1 aliphatic rings. The number of aromatic amines is 1. The van der Waals surface area contributed by atoms with Crippen LogP contribution >= 0.6 is 0 Å². The Morgan fingerprint density at radius 1 is 1.29 bits per heavy atom. The Bertz CT molecular complexity index is 778. The Labute approximate surface area is 144 Å². The SMILES string of the molecule is CC[C@@H]1CCCCN1Cc1c(C)[nH]c2ccc(N(C)C)cc2c1=O. The summed E-state index contributed by atoms with van der Waals surface area (Å²) in [7, 11) is 4.01. The van der Waals surface area contributed by atoms with Crippen LogP contribution in [0, 0.1) is 6.92 Å². The van der Waals surface area contributed by atoms with Gasteiger partial charge in [0.05, 0.1) is 0 Å². The smallest absolute Gasteiger partial charge is 0.194 e. The van der Waals surface area contributed by atoms with Crippen molar-refractivity contribution < 1.29 is 0 Å². The molecular formula is C20H29N3O. The van der Waals surface area contributed by atoms with Gasteiger partial charge in [-0.05, 0) is 50.9 Å². The minimum absolute atomic E-state index is 0.186. The largest absolute Gasteiger partial charge is 0.378 e. The van der Waals surface area contributed by atoms with Gasteiger partial charge >= 0.3 is 0 Å². The Hall–Kier alpha value is -1.81. The average molecular weight is 327 g/mol. The van der Waals surface area contributed by atoms with E-state index in [1.165, 1.54) is 19.3 Å². The van der Waals surface area contributed by atoms with Crippen LogP contribution in [0.15, 0.2) is 23.0 Å². The summed E-state index contributed by atoms with van der Waals surface area (Å²) >= 11 is 0. The molecule has 1 aromatic carbocycles. The molecule has 0 amide bonds. The molecule has 0 aliphatic carbocycles. The van der Waals surface area contributed by atoms with Crippen molar-refractivity contribution in [3.8, 4) is 0 Å². The van der Waals surface area contributed by atoms with Crippen molar-refractivity contribution in [3.05, 3.63) is 39.7 Å². The molecule has 1 saturated heterocycles. The minimum Gasteiger partial charge on any atom is -0.378 e. The molecule has 2 heterocycles. The number of rotatable bonds is 4. The topological polar surface area (TPSA) is 39.3 Å². The Balaban J connectivity index is 2.02. The molecule has 1 fully saturated rings. The van der Waals surface area contributed by atoms with Crippen LogP contribution in [0.3, 0.4) is 0 Å². The first-order valence-electron chi connectivity index (χ1n) is 9.08. The zero-order chi connectivity index (χ0) is 17.3. The summed E-state index contributed by atoms with van der Waals surface area (Å²) < 4.78 is 0. The summed E-state index contributed by atoms with van der Waals surface area (Å²) in [5.41, 5.74) is 4.11. The Morgan fingerprint density at radius 3 is 2.79 bits per heavy atom. The number of benzene rings is 1. The lowest BCUT2D eigenvalue weighted by atomic mass is 9.98. The van der Waals surface area contributed by atoms with E-state index in [0.29, 0.717) is 6.04 Å². The van der Waals surface area contributed by atoms with Crippen molar-refractivity contribution in [1.82, 2.24) is 9.88 Å². The van der Waals surface area contributed by atoms with Gasteiger partial charge in [0.25, 0.3) is 0 Å². The molecule has 4 heteroatoms. The molecule has 0 saturated carbocycles. The van der Waals surface area contributed by atoms with Crippen LogP contribution in [-0.4, -0.2) is 36.6 Å². The van der Waals surface area contributed by atoms with Gasteiger partial charge in [0.15, 0.2) is 5.43 Å². The van der Waals surface area contributed by atoms with Crippen LogP contribution in [0.1, 0.15) is 43.9 Å². The van der Waals surface area contributed by atoms with Crippen LogP contribution in [0.2, 0.25) is 0 Å². The van der Waals surface area contributed by atoms with Crippen LogP contribution < -0.4 is 10.3 Å². The highest BCUT2D eigenvalue weighted by atomic mass is 16.1. The van der Waals surface area contributed by atoms with E-state index in [-0.39, 0.29) is 5.43 Å². The van der Waals surface area contributed by atoms with Gasteiger partial charge in [-0.2, -0.15) is 0 Å². The van der Waals surface area contributed by atoms with Gasteiger partial charge in [-0.15, -0.1) is 0 Å². The van der Waals surface area contributed by atoms with E-state index < -0.39 is 0 Å². The molecule has 1 aliphatic heterocycles. The average Bonchev–Trinajstić information content (AvgIpc) is 2.58. The quantitative estimate of drug-likeness (QED) is 0.931. The van der Waals surface area contributed by atoms with Crippen molar-refractivity contribution in [2.75, 3.05) is 25.5 Å². The number of piperidine rings is 1. The van der Waals surface area contributed by atoms with Crippen molar-refractivity contribution in [3.63, 3.8) is 0 Å². The summed E-state index contributed by atoms with van der Waals surface area (Å²) in [6.45, 7) is 6.15. The molecule has 1 N–H and O–H groups in total. The van der Waals surface area contributed by atoms with E-state index in [2.05, 4.69) is 22.9 Å². The van der Waals surface area contributed by atoms with Crippen LogP contribution in [-0.2, 0) is 6.54 Å². The molecule has 0 unspecified atom stereocenters. The molecule has 0 radical (unpaired) electrons. The number of aryl methyl sites for hydroxylation is 1. The van der Waals surface area contributed by atoms with Crippen molar-refractivity contribution in [2.24, 2.45) is 0 Å². The maximum atomic E-state index is 13.1. The molecule has 4 nitrogen and oxygen atoms in total. The van der Waals surface area contributed by atoms with Gasteiger partial charge < -0.3 is 9.88 Å². The predicted molar refractivity (Wildman–Crippen MR) is 102 cm³/mol. The van der Waals surface area contributed by atoms with Crippen molar-refractivity contribution in [1.29, 1.82) is 0 Å². The maximum Gasteiger partial charge on any atom is 0.194 e. The first kappa shape index (κ1) is 17.0. The van der Waals surface area contributed by atoms with E-state index in [0.717, 1.165) is 47.4 Å². The molecule has 3 rings (SSSR count). The van der Waals surface area contributed by atoms with E-state index in [1.807, 2.05) is 38.1 Å². The third-order valence-corrected chi connectivity index (χ3v) is 5.39. The molecule has 1 atom stereocenters. The van der Waals surface area contributed by atoms with Crippen molar-refractivity contribution in [2.45, 2.75) is 52.1 Å². The number of aromatic nitrogens is 1. The zero-order valence-electron chi connectivity index (χ0n) is 15.4. The highest BCUT2D eigenvalue weighted by Crippen LogP contribution is 2.23. The maximum absolute atomic E-state index is 13.1. The fourth-order valence-electron chi connectivity index (χ4n) is 3.84. The molecule has 0 bridgehead atoms. The van der Waals surface area contributed by atoms with Gasteiger partial charge in [-0.3, -0.25) is 9.69 Å². The minimum atomic E-state index is 0.186. The van der Waals surface area contributed by atoms with Gasteiger partial charge in [-0.25, -0.2) is 0 Å². The number of pyridine rings is 1. The van der Waals surface area contributed by atoms with Crippen LogP contribution in [0.4, 0.5) is 5.69 Å². The van der Waals surface area contributed by atoms with E-state index in [4.69, 9.17) is 0 Å². The molecule has 2 aromatic rings. The van der Waals surface area contributed by atoms with Crippen LogP contribution in [0.5, 0.6) is 0 Å². The fraction of sp³-hybridized carbons (Fsp3) is 0.550. The third-order valence-electron chi connectivity index (χ3n) is 5.39. The second-order valence-corrected chi connectivity index (χ2v) is 7.21. The first-order chi connectivity index (χ1) is 11.5. The van der Waals surface area contributed by atoms with Gasteiger partial charge in [-0.1, -0.05) is 13.3 Å². The zero-order valence-corrected chi connectivity index (χ0v) is 15.4. The lowest BCUT2D eigenvalue weighted by Crippen LogP contribution is -2.39. The highest BCUT2D eigenvalue weighted by molar-refractivity contribution is 5.83. The standard InChI is InChI=1S/C20H29N3O/c1-5-15-8-6-7-11-23(15)13-18-14(2)21-19-10-9-16(22(3)4)12-17(19)20(18)24/h9-10,12,15H,5-8,11,13H2,1-4H3,(H,21,24)/t15-/m1/s1. The number of anilines is 1. The summed E-state index contributed by atoms with van der Waals surface area (Å²) in [5, 5.41) is 0.798. The van der Waals surface area contributed by atoms with Gasteiger partial charge in [0.2, 0.25) is 0 Å². The van der Waals surface area contributed by atoms with Gasteiger partial charge in [0.1, 0.15) is 0 Å². The number of hydrogen-bond donors (Lipinski definition) is 1. The van der Waals surface area contributed by atoms with Crippen molar-refractivity contribution >= 4 is 16.6 Å². The second kappa shape index (κ2) is 6.98. The summed E-state index contributed by atoms with van der Waals surface area (Å²) in [6, 6.07) is 6.68. The first-order valence-corrected chi connectivity index (χ1v) is 9.08. The van der Waals surface area contributed by atoms with E-state index in [1.54, 1.807) is 0 Å². The summed E-state index contributed by atoms with van der Waals surface area (Å²) in [4.78, 5) is 21.1. The lowest BCUT2D eigenvalue weighted by Gasteiger charge is -2.35. The van der Waals surface area contributed by atoms with E-state index >= 15 is 0 Å². The fourth-order valence-corrected chi connectivity index (χ4v) is 3.84.